The van der Waals surface area contributed by atoms with E-state index < -0.39 is 11.9 Å². The van der Waals surface area contributed by atoms with Gasteiger partial charge in [0.25, 0.3) is 0 Å². The number of halogens is 3. The van der Waals surface area contributed by atoms with Crippen molar-refractivity contribution < 1.29 is 9.18 Å². The number of aldehydes is 1. The number of benzene rings is 3. The Balaban J connectivity index is 1.38. The van der Waals surface area contributed by atoms with E-state index in [0.717, 1.165) is 37.8 Å². The van der Waals surface area contributed by atoms with Crippen LogP contribution in [0.5, 0.6) is 0 Å². The van der Waals surface area contributed by atoms with E-state index in [9.17, 15) is 14.4 Å². The molecule has 3 heterocycles. The lowest BCUT2D eigenvalue weighted by Crippen LogP contribution is -2.46. The first-order valence-corrected chi connectivity index (χ1v) is 16.0. The molecule has 240 valence electrons. The summed E-state index contributed by atoms with van der Waals surface area (Å²) >= 11 is 12.8. The van der Waals surface area contributed by atoms with Gasteiger partial charge < -0.3 is 10.6 Å². The molecule has 0 saturated carbocycles. The molecule has 3 aromatic carbocycles. The van der Waals surface area contributed by atoms with E-state index in [0.29, 0.717) is 44.2 Å². The normalized spacial score (nSPS) is 14.9. The highest BCUT2D eigenvalue weighted by Gasteiger charge is 2.29. The molecule has 0 radical (unpaired) electrons. The van der Waals surface area contributed by atoms with Gasteiger partial charge in [0.15, 0.2) is 0 Å². The SMILES string of the molecule is CC(C)(C)N1CCC(n2cc([C@@H](Nc3cc(Cl)c4ncc(C#N)c(Nc5ccc(F)c(Cl)c5)c4c3)c3cccc(C=O)c3)nn2)CC1. The number of anilines is 3. The summed E-state index contributed by atoms with van der Waals surface area (Å²) in [6.45, 7) is 8.65. The lowest BCUT2D eigenvalue weighted by atomic mass is 9.98. The van der Waals surface area contributed by atoms with Gasteiger partial charge in [-0.05, 0) is 75.6 Å². The van der Waals surface area contributed by atoms with Crippen molar-refractivity contribution in [2.24, 2.45) is 0 Å². The van der Waals surface area contributed by atoms with E-state index in [-0.39, 0.29) is 22.2 Å². The molecule has 6 rings (SSSR count). The van der Waals surface area contributed by atoms with E-state index in [1.807, 2.05) is 35.1 Å². The highest BCUT2D eigenvalue weighted by molar-refractivity contribution is 6.36. The van der Waals surface area contributed by atoms with Crippen molar-refractivity contribution >= 4 is 57.5 Å². The number of fused-ring (bicyclic) bond motifs is 1. The topological polar surface area (TPSA) is 112 Å². The predicted molar refractivity (Wildman–Crippen MR) is 183 cm³/mol. The van der Waals surface area contributed by atoms with E-state index in [4.69, 9.17) is 23.2 Å². The number of likely N-dealkylation sites (tertiary alicyclic amines) is 1. The van der Waals surface area contributed by atoms with Crippen LogP contribution >= 0.6 is 23.2 Å². The largest absolute Gasteiger partial charge is 0.373 e. The van der Waals surface area contributed by atoms with Crippen molar-refractivity contribution in [3.63, 3.8) is 0 Å². The molecule has 0 spiro atoms. The predicted octanol–water partition coefficient (Wildman–Crippen LogP) is 8.34. The zero-order valence-corrected chi connectivity index (χ0v) is 27.6. The van der Waals surface area contributed by atoms with Crippen LogP contribution in [0.2, 0.25) is 10.0 Å². The van der Waals surface area contributed by atoms with Gasteiger partial charge in [-0.2, -0.15) is 5.26 Å². The summed E-state index contributed by atoms with van der Waals surface area (Å²) in [5.41, 5.74) is 4.41. The van der Waals surface area contributed by atoms with Gasteiger partial charge in [0.05, 0.1) is 45.1 Å². The molecule has 1 aliphatic rings. The molecule has 1 fully saturated rings. The summed E-state index contributed by atoms with van der Waals surface area (Å²) in [6, 6.07) is 17.0. The molecule has 1 atom stereocenters. The fourth-order valence-electron chi connectivity index (χ4n) is 5.99. The van der Waals surface area contributed by atoms with E-state index in [2.05, 4.69) is 57.7 Å². The summed E-state index contributed by atoms with van der Waals surface area (Å²) < 4.78 is 15.8. The molecule has 1 aliphatic heterocycles. The molecule has 5 aromatic rings. The van der Waals surface area contributed by atoms with Crippen LogP contribution < -0.4 is 10.6 Å². The Morgan fingerprint density at radius 3 is 2.53 bits per heavy atom. The summed E-state index contributed by atoms with van der Waals surface area (Å²) in [4.78, 5) is 18.6. The first kappa shape index (κ1) is 32.4. The van der Waals surface area contributed by atoms with Gasteiger partial charge in [0, 0.05) is 47.1 Å². The van der Waals surface area contributed by atoms with Crippen LogP contribution in [0, 0.1) is 17.1 Å². The van der Waals surface area contributed by atoms with Gasteiger partial charge in [0.2, 0.25) is 0 Å². The van der Waals surface area contributed by atoms with Gasteiger partial charge in [-0.1, -0.05) is 46.6 Å². The second kappa shape index (κ2) is 13.3. The van der Waals surface area contributed by atoms with Crippen molar-refractivity contribution in [2.45, 2.75) is 51.2 Å². The van der Waals surface area contributed by atoms with Gasteiger partial charge in [0.1, 0.15) is 23.9 Å². The van der Waals surface area contributed by atoms with Crippen LogP contribution in [0.4, 0.5) is 21.5 Å². The minimum Gasteiger partial charge on any atom is -0.373 e. The fraction of sp³-hybridized carbons (Fsp3) is 0.286. The number of nitrogens with zero attached hydrogens (tertiary/aromatic N) is 6. The second-order valence-electron chi connectivity index (χ2n) is 12.6. The standard InChI is InChI=1S/C35H33Cl2FN8O/c1-35(2,3)45-11-9-26(10-12-45)46-19-31(43-44-46)33(22-6-4-5-21(13-22)20-47)42-25-14-27-32(41-24-7-8-30(38)28(36)15-24)23(17-39)18-40-34(27)29(37)16-25/h4-8,13-16,18-20,26,33,42H,9-12H2,1-3H3,(H,40,41)/t33-/m0/s1. The molecule has 9 nitrogen and oxygen atoms in total. The third kappa shape index (κ3) is 6.93. The number of nitrogens with one attached hydrogen (secondary N) is 2. The molecule has 0 aliphatic carbocycles. The van der Waals surface area contributed by atoms with Crippen LogP contribution in [0.15, 0.2) is 67.0 Å². The Kier molecular flexibility index (Phi) is 9.15. The monoisotopic (exact) mass is 670 g/mol. The first-order valence-electron chi connectivity index (χ1n) is 15.3. The Morgan fingerprint density at radius 2 is 1.83 bits per heavy atom. The van der Waals surface area contributed by atoms with Gasteiger partial charge in [-0.15, -0.1) is 5.10 Å². The quantitative estimate of drug-likeness (QED) is 0.159. The highest BCUT2D eigenvalue weighted by atomic mass is 35.5. The molecule has 0 amide bonds. The number of nitriles is 1. The number of hydrogen-bond donors (Lipinski definition) is 2. The van der Waals surface area contributed by atoms with Gasteiger partial charge in [-0.3, -0.25) is 14.7 Å². The molecular weight excluding hydrogens is 638 g/mol. The van der Waals surface area contributed by atoms with E-state index in [1.54, 1.807) is 12.1 Å². The zero-order valence-electron chi connectivity index (χ0n) is 26.1. The molecule has 47 heavy (non-hydrogen) atoms. The van der Waals surface area contributed by atoms with E-state index >= 15 is 0 Å². The van der Waals surface area contributed by atoms with Crippen LogP contribution in [-0.2, 0) is 0 Å². The van der Waals surface area contributed by atoms with Gasteiger partial charge >= 0.3 is 0 Å². The average molecular weight is 672 g/mol. The smallest absolute Gasteiger partial charge is 0.150 e. The van der Waals surface area contributed by atoms with Crippen molar-refractivity contribution in [3.8, 4) is 6.07 Å². The fourth-order valence-corrected chi connectivity index (χ4v) is 6.44. The minimum absolute atomic E-state index is 0.0551. The molecule has 2 aromatic heterocycles. The lowest BCUT2D eigenvalue weighted by Gasteiger charge is -2.40. The highest BCUT2D eigenvalue weighted by Crippen LogP contribution is 2.37. The van der Waals surface area contributed by atoms with Crippen molar-refractivity contribution in [2.75, 3.05) is 23.7 Å². The van der Waals surface area contributed by atoms with Crippen molar-refractivity contribution in [1.29, 1.82) is 5.26 Å². The zero-order chi connectivity index (χ0) is 33.3. The maximum absolute atomic E-state index is 13.9. The van der Waals surface area contributed by atoms with E-state index in [1.165, 1.54) is 24.4 Å². The average Bonchev–Trinajstić information content (AvgIpc) is 3.55. The molecule has 1 saturated heterocycles. The minimum atomic E-state index is -0.552. The number of carbonyl (C=O) groups excluding carboxylic acids is 1. The summed E-state index contributed by atoms with van der Waals surface area (Å²) in [5.74, 6) is -0.552. The Morgan fingerprint density at radius 1 is 1.06 bits per heavy atom. The molecule has 2 N–H and O–H groups in total. The Hall–Kier alpha value is -4.56. The number of aromatic nitrogens is 4. The first-order chi connectivity index (χ1) is 22.5. The summed E-state index contributed by atoms with van der Waals surface area (Å²) in [7, 11) is 0. The number of piperidine rings is 1. The lowest BCUT2D eigenvalue weighted by molar-refractivity contribution is 0.0866. The number of carbonyl (C=O) groups is 1. The maximum atomic E-state index is 13.9. The van der Waals surface area contributed by atoms with Crippen LogP contribution in [0.1, 0.15) is 72.9 Å². The maximum Gasteiger partial charge on any atom is 0.150 e. The third-order valence-electron chi connectivity index (χ3n) is 8.54. The van der Waals surface area contributed by atoms with Crippen LogP contribution in [-0.4, -0.2) is 49.8 Å². The van der Waals surface area contributed by atoms with Crippen molar-refractivity contribution in [3.05, 3.63) is 105 Å². The second-order valence-corrected chi connectivity index (χ2v) is 13.5. The van der Waals surface area contributed by atoms with Crippen LogP contribution in [0.25, 0.3) is 10.9 Å². The molecule has 0 bridgehead atoms. The number of hydrogen-bond acceptors (Lipinski definition) is 8. The molecular formula is C35H33Cl2FN8O. The van der Waals surface area contributed by atoms with Crippen LogP contribution in [0.3, 0.4) is 0 Å². The Labute approximate surface area is 282 Å². The number of rotatable bonds is 8. The Bertz CT molecular complexity index is 1990. The third-order valence-corrected chi connectivity index (χ3v) is 9.11. The number of pyridine rings is 1. The molecule has 12 heteroatoms. The molecule has 0 unspecified atom stereocenters. The summed E-state index contributed by atoms with van der Waals surface area (Å²) in [6.07, 6.45) is 6.13. The van der Waals surface area contributed by atoms with Crippen molar-refractivity contribution in [1.82, 2.24) is 24.9 Å². The summed E-state index contributed by atoms with van der Waals surface area (Å²) in [5, 5.41) is 26.7. The van der Waals surface area contributed by atoms with Gasteiger partial charge in [-0.25, -0.2) is 9.07 Å².